The minimum absolute atomic E-state index is 0.308. The van der Waals surface area contributed by atoms with Gasteiger partial charge in [-0.1, -0.05) is 6.08 Å². The van der Waals surface area contributed by atoms with Crippen LogP contribution in [0.4, 0.5) is 5.95 Å². The number of nitrogen functional groups attached to an aromatic ring is 1. The van der Waals surface area contributed by atoms with Crippen molar-refractivity contribution in [2.24, 2.45) is 0 Å². The van der Waals surface area contributed by atoms with Crippen LogP contribution in [0.15, 0.2) is 18.3 Å². The van der Waals surface area contributed by atoms with Crippen LogP contribution in [0.3, 0.4) is 0 Å². The number of aromatic nitrogens is 2. The summed E-state index contributed by atoms with van der Waals surface area (Å²) < 4.78 is 0. The Balaban J connectivity index is 2.63. The summed E-state index contributed by atoms with van der Waals surface area (Å²) >= 11 is 4.08. The van der Waals surface area contributed by atoms with Gasteiger partial charge >= 0.3 is 0 Å². The van der Waals surface area contributed by atoms with Gasteiger partial charge in [-0.05, 0) is 24.3 Å². The summed E-state index contributed by atoms with van der Waals surface area (Å²) in [6.45, 7) is 0. The number of anilines is 1. The summed E-state index contributed by atoms with van der Waals surface area (Å²) in [5, 5.41) is 0. The second-order valence-electron chi connectivity index (χ2n) is 2.25. The average Bonchev–Trinajstić information content (AvgIpc) is 2.05. The summed E-state index contributed by atoms with van der Waals surface area (Å²) in [4.78, 5) is 7.79. The Morgan fingerprint density at radius 2 is 2.42 bits per heavy atom. The largest absolute Gasteiger partial charge is 0.368 e. The van der Waals surface area contributed by atoms with Crippen LogP contribution in [-0.2, 0) is 0 Å². The van der Waals surface area contributed by atoms with Crippen molar-refractivity contribution in [1.29, 1.82) is 0 Å². The Labute approximate surface area is 77.1 Å². The molecule has 2 N–H and O–H groups in total. The molecule has 0 aliphatic heterocycles. The topological polar surface area (TPSA) is 51.8 Å². The van der Waals surface area contributed by atoms with Crippen LogP contribution >= 0.6 is 12.6 Å². The van der Waals surface area contributed by atoms with Crippen LogP contribution in [0.25, 0.3) is 6.08 Å². The molecule has 0 spiro atoms. The minimum Gasteiger partial charge on any atom is -0.368 e. The van der Waals surface area contributed by atoms with E-state index in [1.54, 1.807) is 6.20 Å². The number of hydrogen-bond donors (Lipinski definition) is 2. The minimum atomic E-state index is 0.308. The molecule has 0 bridgehead atoms. The van der Waals surface area contributed by atoms with Crippen LogP contribution in [0.2, 0.25) is 0 Å². The van der Waals surface area contributed by atoms with E-state index in [1.165, 1.54) is 0 Å². The molecule has 0 fully saturated rings. The highest BCUT2D eigenvalue weighted by Crippen LogP contribution is 2.00. The van der Waals surface area contributed by atoms with E-state index in [0.29, 0.717) is 5.95 Å². The lowest BCUT2D eigenvalue weighted by Crippen LogP contribution is -1.94. The molecule has 0 saturated heterocycles. The molecule has 4 heteroatoms. The number of allylic oxidation sites excluding steroid dienone is 1. The molecule has 1 rings (SSSR count). The fourth-order valence-corrected chi connectivity index (χ4v) is 0.909. The van der Waals surface area contributed by atoms with Gasteiger partial charge in [0.1, 0.15) is 0 Å². The van der Waals surface area contributed by atoms with Crippen molar-refractivity contribution in [2.75, 3.05) is 11.5 Å². The lowest BCUT2D eigenvalue weighted by atomic mass is 10.3. The van der Waals surface area contributed by atoms with Crippen molar-refractivity contribution >= 4 is 24.7 Å². The Hall–Kier alpha value is -1.03. The van der Waals surface area contributed by atoms with Crippen molar-refractivity contribution in [2.45, 2.75) is 6.42 Å². The fourth-order valence-electron chi connectivity index (χ4n) is 0.760. The summed E-state index contributed by atoms with van der Waals surface area (Å²) in [5.41, 5.74) is 6.23. The third-order valence-corrected chi connectivity index (χ3v) is 1.54. The third kappa shape index (κ3) is 2.92. The maximum absolute atomic E-state index is 5.39. The van der Waals surface area contributed by atoms with E-state index in [2.05, 4.69) is 22.6 Å². The van der Waals surface area contributed by atoms with E-state index in [0.717, 1.165) is 17.9 Å². The van der Waals surface area contributed by atoms with Crippen molar-refractivity contribution < 1.29 is 0 Å². The molecule has 0 unspecified atom stereocenters. The Bertz CT molecular complexity index is 273. The molecule has 1 aromatic rings. The highest BCUT2D eigenvalue weighted by Gasteiger charge is 1.88. The smallest absolute Gasteiger partial charge is 0.220 e. The van der Waals surface area contributed by atoms with E-state index < -0.39 is 0 Å². The van der Waals surface area contributed by atoms with Gasteiger partial charge in [0, 0.05) is 6.20 Å². The lowest BCUT2D eigenvalue weighted by molar-refractivity contribution is 1.16. The van der Waals surface area contributed by atoms with Gasteiger partial charge in [-0.3, -0.25) is 0 Å². The lowest BCUT2D eigenvalue weighted by Gasteiger charge is -1.92. The normalized spacial score (nSPS) is 10.8. The maximum atomic E-state index is 5.39. The Kier molecular flexibility index (Phi) is 3.60. The molecule has 0 amide bonds. The molecule has 64 valence electrons. The van der Waals surface area contributed by atoms with Gasteiger partial charge < -0.3 is 5.73 Å². The predicted octanol–water partition coefficient (Wildman–Crippen LogP) is 1.39. The number of nitrogens with zero attached hydrogens (tertiary/aromatic N) is 2. The fraction of sp³-hybridized carbons (Fsp3) is 0.250. The SMILES string of the molecule is Nc1nccc(C=CCCS)n1. The summed E-state index contributed by atoms with van der Waals surface area (Å²) in [7, 11) is 0. The first kappa shape index (κ1) is 9.06. The summed E-state index contributed by atoms with van der Waals surface area (Å²) in [6, 6.07) is 1.81. The van der Waals surface area contributed by atoms with Crippen molar-refractivity contribution in [3.63, 3.8) is 0 Å². The monoisotopic (exact) mass is 181 g/mol. The first-order valence-corrected chi connectivity index (χ1v) is 4.32. The number of hydrogen-bond acceptors (Lipinski definition) is 4. The molecular formula is C8H11N3S. The second kappa shape index (κ2) is 4.77. The highest BCUT2D eigenvalue weighted by atomic mass is 32.1. The quantitative estimate of drug-likeness (QED) is 0.693. The highest BCUT2D eigenvalue weighted by molar-refractivity contribution is 7.80. The molecule has 3 nitrogen and oxygen atoms in total. The van der Waals surface area contributed by atoms with E-state index in [4.69, 9.17) is 5.73 Å². The van der Waals surface area contributed by atoms with Gasteiger partial charge in [0.25, 0.3) is 0 Å². The second-order valence-corrected chi connectivity index (χ2v) is 2.70. The van der Waals surface area contributed by atoms with Gasteiger partial charge in [-0.15, -0.1) is 0 Å². The van der Waals surface area contributed by atoms with Gasteiger partial charge in [0.2, 0.25) is 5.95 Å². The molecule has 0 aliphatic rings. The van der Waals surface area contributed by atoms with E-state index in [-0.39, 0.29) is 0 Å². The standard InChI is InChI=1S/C8H11N3S/c9-8-10-5-4-7(11-8)3-1-2-6-12/h1,3-5,12H,2,6H2,(H2,9,10,11). The summed E-state index contributed by atoms with van der Waals surface area (Å²) in [6.07, 6.45) is 6.50. The molecule has 0 aromatic carbocycles. The van der Waals surface area contributed by atoms with Crippen LogP contribution in [0, 0.1) is 0 Å². The van der Waals surface area contributed by atoms with Gasteiger partial charge in [0.15, 0.2) is 0 Å². The van der Waals surface area contributed by atoms with Crippen LogP contribution in [-0.4, -0.2) is 15.7 Å². The number of nitrogens with two attached hydrogens (primary N) is 1. The van der Waals surface area contributed by atoms with Crippen molar-refractivity contribution in [1.82, 2.24) is 9.97 Å². The van der Waals surface area contributed by atoms with Crippen LogP contribution in [0.1, 0.15) is 12.1 Å². The van der Waals surface area contributed by atoms with E-state index in [1.807, 2.05) is 18.2 Å². The molecule has 0 radical (unpaired) electrons. The molecule has 1 heterocycles. The molecular weight excluding hydrogens is 170 g/mol. The zero-order chi connectivity index (χ0) is 8.81. The Morgan fingerprint density at radius 3 is 3.08 bits per heavy atom. The zero-order valence-corrected chi connectivity index (χ0v) is 7.54. The molecule has 1 aromatic heterocycles. The van der Waals surface area contributed by atoms with E-state index in [9.17, 15) is 0 Å². The van der Waals surface area contributed by atoms with Gasteiger partial charge in [-0.25, -0.2) is 9.97 Å². The number of thiol groups is 1. The first-order chi connectivity index (χ1) is 5.83. The molecule has 0 atom stereocenters. The van der Waals surface area contributed by atoms with Crippen LogP contribution in [0.5, 0.6) is 0 Å². The average molecular weight is 181 g/mol. The van der Waals surface area contributed by atoms with Crippen molar-refractivity contribution in [3.8, 4) is 0 Å². The van der Waals surface area contributed by atoms with Gasteiger partial charge in [0.05, 0.1) is 5.69 Å². The van der Waals surface area contributed by atoms with Gasteiger partial charge in [-0.2, -0.15) is 12.6 Å². The van der Waals surface area contributed by atoms with E-state index >= 15 is 0 Å². The first-order valence-electron chi connectivity index (χ1n) is 3.69. The number of rotatable bonds is 3. The maximum Gasteiger partial charge on any atom is 0.220 e. The zero-order valence-electron chi connectivity index (χ0n) is 6.64. The molecule has 0 aliphatic carbocycles. The van der Waals surface area contributed by atoms with Crippen molar-refractivity contribution in [3.05, 3.63) is 24.0 Å². The van der Waals surface area contributed by atoms with Crippen LogP contribution < -0.4 is 5.73 Å². The molecule has 0 saturated carbocycles. The third-order valence-electron chi connectivity index (χ3n) is 1.28. The summed E-state index contributed by atoms with van der Waals surface area (Å²) in [5.74, 6) is 1.15. The predicted molar refractivity (Wildman–Crippen MR) is 53.9 cm³/mol. The molecule has 12 heavy (non-hydrogen) atoms. The Morgan fingerprint density at radius 1 is 1.58 bits per heavy atom.